The zero-order valence-corrected chi connectivity index (χ0v) is 10.7. The molecule has 0 bridgehead atoms. The molecule has 5 heteroatoms. The lowest BCUT2D eigenvalue weighted by Crippen LogP contribution is -2.15. The van der Waals surface area contributed by atoms with Gasteiger partial charge in [0.1, 0.15) is 5.01 Å². The SMILES string of the molecule is Cc1c(CNC2CC2)cnn1Cc1nccs1. The summed E-state index contributed by atoms with van der Waals surface area (Å²) in [5.41, 5.74) is 2.54. The Morgan fingerprint density at radius 3 is 3.12 bits per heavy atom. The molecule has 0 saturated heterocycles. The first-order valence-electron chi connectivity index (χ1n) is 5.96. The second-order valence-corrected chi connectivity index (χ2v) is 5.47. The zero-order valence-electron chi connectivity index (χ0n) is 9.89. The molecule has 0 aliphatic heterocycles. The van der Waals surface area contributed by atoms with Crippen LogP contribution in [0.3, 0.4) is 0 Å². The van der Waals surface area contributed by atoms with Crippen molar-refractivity contribution in [2.45, 2.75) is 38.9 Å². The molecule has 0 atom stereocenters. The number of rotatable bonds is 5. The smallest absolute Gasteiger partial charge is 0.114 e. The minimum atomic E-state index is 0.747. The van der Waals surface area contributed by atoms with Crippen LogP contribution in [0.2, 0.25) is 0 Å². The van der Waals surface area contributed by atoms with E-state index in [0.29, 0.717) is 0 Å². The van der Waals surface area contributed by atoms with E-state index >= 15 is 0 Å². The van der Waals surface area contributed by atoms with Crippen molar-refractivity contribution in [3.8, 4) is 0 Å². The van der Waals surface area contributed by atoms with E-state index in [4.69, 9.17) is 0 Å². The summed E-state index contributed by atoms with van der Waals surface area (Å²) in [5, 5.41) is 11.1. The van der Waals surface area contributed by atoms with Crippen LogP contribution in [0.15, 0.2) is 17.8 Å². The van der Waals surface area contributed by atoms with Gasteiger partial charge in [0, 0.05) is 35.4 Å². The summed E-state index contributed by atoms with van der Waals surface area (Å²) in [4.78, 5) is 4.29. The van der Waals surface area contributed by atoms with Gasteiger partial charge < -0.3 is 5.32 Å². The number of hydrogen-bond donors (Lipinski definition) is 1. The van der Waals surface area contributed by atoms with Gasteiger partial charge in [-0.05, 0) is 19.8 Å². The average molecular weight is 248 g/mol. The quantitative estimate of drug-likeness (QED) is 0.879. The van der Waals surface area contributed by atoms with Crippen LogP contribution in [0.5, 0.6) is 0 Å². The Hall–Kier alpha value is -1.20. The molecule has 1 aliphatic carbocycles. The molecule has 17 heavy (non-hydrogen) atoms. The van der Waals surface area contributed by atoms with Gasteiger partial charge in [0.15, 0.2) is 0 Å². The Morgan fingerprint density at radius 2 is 2.41 bits per heavy atom. The predicted octanol–water partition coefficient (Wildman–Crippen LogP) is 1.95. The van der Waals surface area contributed by atoms with Gasteiger partial charge in [0.2, 0.25) is 0 Å². The normalized spacial score (nSPS) is 15.4. The summed E-state index contributed by atoms with van der Waals surface area (Å²) in [5.74, 6) is 0. The summed E-state index contributed by atoms with van der Waals surface area (Å²) < 4.78 is 2.03. The summed E-state index contributed by atoms with van der Waals surface area (Å²) in [7, 11) is 0. The highest BCUT2D eigenvalue weighted by molar-refractivity contribution is 7.09. The minimum absolute atomic E-state index is 0.747. The van der Waals surface area contributed by atoms with Crippen molar-refractivity contribution in [1.82, 2.24) is 20.1 Å². The molecular formula is C12H16N4S. The van der Waals surface area contributed by atoms with Crippen LogP contribution in [-0.4, -0.2) is 20.8 Å². The van der Waals surface area contributed by atoms with Gasteiger partial charge in [-0.25, -0.2) is 4.98 Å². The van der Waals surface area contributed by atoms with Gasteiger partial charge >= 0.3 is 0 Å². The number of thiazole rings is 1. The standard InChI is InChI=1S/C12H16N4S/c1-9-10(6-14-11-2-3-11)7-15-16(9)8-12-13-4-5-17-12/h4-5,7,11,14H,2-3,6,8H2,1H3. The maximum absolute atomic E-state index is 4.43. The number of nitrogens with one attached hydrogen (secondary N) is 1. The van der Waals surface area contributed by atoms with E-state index in [1.54, 1.807) is 11.3 Å². The van der Waals surface area contributed by atoms with Gasteiger partial charge in [-0.15, -0.1) is 11.3 Å². The van der Waals surface area contributed by atoms with Crippen molar-refractivity contribution >= 4 is 11.3 Å². The first-order chi connectivity index (χ1) is 8.33. The van der Waals surface area contributed by atoms with E-state index in [1.807, 2.05) is 22.5 Å². The van der Waals surface area contributed by atoms with E-state index in [0.717, 1.165) is 24.1 Å². The van der Waals surface area contributed by atoms with Gasteiger partial charge in [0.25, 0.3) is 0 Å². The van der Waals surface area contributed by atoms with E-state index < -0.39 is 0 Å². The number of hydrogen-bond acceptors (Lipinski definition) is 4. The minimum Gasteiger partial charge on any atom is -0.310 e. The third-order valence-electron chi connectivity index (χ3n) is 3.13. The average Bonchev–Trinajstić information content (AvgIpc) is 2.90. The first kappa shape index (κ1) is 10.9. The molecule has 2 aromatic heterocycles. The van der Waals surface area contributed by atoms with Crippen LogP contribution >= 0.6 is 11.3 Å². The lowest BCUT2D eigenvalue weighted by atomic mass is 10.2. The Labute approximate surface area is 105 Å². The molecule has 2 aromatic rings. The molecule has 1 saturated carbocycles. The highest BCUT2D eigenvalue weighted by atomic mass is 32.1. The van der Waals surface area contributed by atoms with E-state index in [1.165, 1.54) is 24.1 Å². The summed E-state index contributed by atoms with van der Waals surface area (Å²) in [6, 6.07) is 0.747. The highest BCUT2D eigenvalue weighted by Gasteiger charge is 2.20. The van der Waals surface area contributed by atoms with Crippen LogP contribution < -0.4 is 5.32 Å². The summed E-state index contributed by atoms with van der Waals surface area (Å²) in [6.45, 7) is 3.85. The van der Waals surface area contributed by atoms with Gasteiger partial charge in [-0.2, -0.15) is 5.10 Å². The first-order valence-corrected chi connectivity index (χ1v) is 6.84. The van der Waals surface area contributed by atoms with Crippen LogP contribution in [0.4, 0.5) is 0 Å². The fourth-order valence-electron chi connectivity index (χ4n) is 1.82. The molecule has 2 heterocycles. The topological polar surface area (TPSA) is 42.7 Å². The van der Waals surface area contributed by atoms with Crippen molar-refractivity contribution in [1.29, 1.82) is 0 Å². The Morgan fingerprint density at radius 1 is 1.53 bits per heavy atom. The van der Waals surface area contributed by atoms with Crippen molar-refractivity contribution in [3.63, 3.8) is 0 Å². The highest BCUT2D eigenvalue weighted by Crippen LogP contribution is 2.20. The predicted molar refractivity (Wildman–Crippen MR) is 68.0 cm³/mol. The molecule has 1 N–H and O–H groups in total. The molecule has 90 valence electrons. The summed E-state index contributed by atoms with van der Waals surface area (Å²) >= 11 is 1.68. The third-order valence-corrected chi connectivity index (χ3v) is 3.90. The molecule has 0 unspecified atom stereocenters. The molecule has 4 nitrogen and oxygen atoms in total. The third kappa shape index (κ3) is 2.56. The second kappa shape index (κ2) is 4.58. The van der Waals surface area contributed by atoms with Gasteiger partial charge in [-0.3, -0.25) is 4.68 Å². The second-order valence-electron chi connectivity index (χ2n) is 4.49. The van der Waals surface area contributed by atoms with Gasteiger partial charge in [0.05, 0.1) is 12.7 Å². The van der Waals surface area contributed by atoms with Crippen LogP contribution in [-0.2, 0) is 13.1 Å². The lowest BCUT2D eigenvalue weighted by Gasteiger charge is -2.04. The van der Waals surface area contributed by atoms with E-state index in [-0.39, 0.29) is 0 Å². The maximum Gasteiger partial charge on any atom is 0.114 e. The van der Waals surface area contributed by atoms with Crippen molar-refractivity contribution in [3.05, 3.63) is 34.0 Å². The Bertz CT molecular complexity index is 485. The molecular weight excluding hydrogens is 232 g/mol. The number of aromatic nitrogens is 3. The zero-order chi connectivity index (χ0) is 11.7. The largest absolute Gasteiger partial charge is 0.310 e. The number of nitrogens with zero attached hydrogens (tertiary/aromatic N) is 3. The van der Waals surface area contributed by atoms with Crippen molar-refractivity contribution in [2.24, 2.45) is 0 Å². The Kier molecular flexibility index (Phi) is 2.94. The molecule has 1 aliphatic rings. The molecule has 1 fully saturated rings. The molecule has 0 aromatic carbocycles. The van der Waals surface area contributed by atoms with Gasteiger partial charge in [-0.1, -0.05) is 0 Å². The molecule has 0 radical (unpaired) electrons. The van der Waals surface area contributed by atoms with E-state index in [9.17, 15) is 0 Å². The van der Waals surface area contributed by atoms with Crippen LogP contribution in [0.25, 0.3) is 0 Å². The van der Waals surface area contributed by atoms with Crippen LogP contribution in [0.1, 0.15) is 29.1 Å². The molecule has 3 rings (SSSR count). The monoisotopic (exact) mass is 248 g/mol. The molecule has 0 amide bonds. The van der Waals surface area contributed by atoms with Crippen molar-refractivity contribution < 1.29 is 0 Å². The maximum atomic E-state index is 4.43. The lowest BCUT2D eigenvalue weighted by molar-refractivity contribution is 0.652. The fourth-order valence-corrected chi connectivity index (χ4v) is 2.42. The molecule has 0 spiro atoms. The van der Waals surface area contributed by atoms with E-state index in [2.05, 4.69) is 22.3 Å². The Balaban J connectivity index is 1.68. The summed E-state index contributed by atoms with van der Waals surface area (Å²) in [6.07, 6.45) is 6.46. The van der Waals surface area contributed by atoms with Crippen molar-refractivity contribution in [2.75, 3.05) is 0 Å². The van der Waals surface area contributed by atoms with Crippen LogP contribution in [0, 0.1) is 6.92 Å². The fraction of sp³-hybridized carbons (Fsp3) is 0.500.